The molecule has 1 aromatic carbocycles. The summed E-state index contributed by atoms with van der Waals surface area (Å²) in [6.07, 6.45) is 7.37. The molecule has 0 saturated carbocycles. The number of aromatic nitrogens is 1. The predicted molar refractivity (Wildman–Crippen MR) is 138 cm³/mol. The van der Waals surface area contributed by atoms with E-state index in [2.05, 4.69) is 62.3 Å². The number of aliphatic hydroxyl groups is 1. The van der Waals surface area contributed by atoms with Gasteiger partial charge in [-0.25, -0.2) is 0 Å². The number of nitrogens with one attached hydrogen (secondary N) is 1. The molecule has 2 aromatic rings. The average Bonchev–Trinajstić information content (AvgIpc) is 3.13. The molecule has 35 heavy (non-hydrogen) atoms. The van der Waals surface area contributed by atoms with Crippen LogP contribution in [0.3, 0.4) is 0 Å². The summed E-state index contributed by atoms with van der Waals surface area (Å²) in [6.45, 7) is 10.0. The highest BCUT2D eigenvalue weighted by molar-refractivity contribution is 5.95. The van der Waals surface area contributed by atoms with E-state index in [9.17, 15) is 10.4 Å². The highest BCUT2D eigenvalue weighted by atomic mass is 16.3. The fraction of sp³-hybridized carbons (Fsp3) is 0.429. The van der Waals surface area contributed by atoms with Gasteiger partial charge in [0.15, 0.2) is 0 Å². The van der Waals surface area contributed by atoms with E-state index in [4.69, 9.17) is 0 Å². The largest absolute Gasteiger partial charge is 0.387 e. The van der Waals surface area contributed by atoms with E-state index in [1.165, 1.54) is 22.5 Å². The van der Waals surface area contributed by atoms with Gasteiger partial charge < -0.3 is 25.1 Å². The highest BCUT2D eigenvalue weighted by Crippen LogP contribution is 2.41. The van der Waals surface area contributed by atoms with E-state index in [1.807, 2.05) is 19.1 Å². The summed E-state index contributed by atoms with van der Waals surface area (Å²) < 4.78 is 0. The van der Waals surface area contributed by atoms with Gasteiger partial charge in [0.25, 0.3) is 0 Å². The monoisotopic (exact) mass is 468 g/mol. The molecule has 2 saturated heterocycles. The zero-order chi connectivity index (χ0) is 24.2. The van der Waals surface area contributed by atoms with Crippen LogP contribution < -0.4 is 10.2 Å². The van der Waals surface area contributed by atoms with Gasteiger partial charge in [-0.05, 0) is 61.8 Å². The van der Waals surface area contributed by atoms with Crippen LogP contribution >= 0.6 is 0 Å². The number of nitriles is 1. The molecule has 0 radical (unpaired) electrons. The summed E-state index contributed by atoms with van der Waals surface area (Å²) in [4.78, 5) is 11.9. The Kier molecular flexibility index (Phi) is 5.32. The molecular formula is C28H32N6O. The van der Waals surface area contributed by atoms with Crippen LogP contribution in [0.5, 0.6) is 0 Å². The van der Waals surface area contributed by atoms with Crippen LogP contribution in [0.15, 0.2) is 65.2 Å². The van der Waals surface area contributed by atoms with Crippen molar-refractivity contribution in [3.63, 3.8) is 0 Å². The summed E-state index contributed by atoms with van der Waals surface area (Å²) in [6, 6.07) is 10.7. The number of benzene rings is 1. The maximum Gasteiger partial charge on any atom is 0.101 e. The van der Waals surface area contributed by atoms with E-state index < -0.39 is 5.60 Å². The van der Waals surface area contributed by atoms with Gasteiger partial charge in [0.05, 0.1) is 23.2 Å². The Hall–Kier alpha value is -3.34. The minimum Gasteiger partial charge on any atom is -0.387 e. The first-order valence-corrected chi connectivity index (χ1v) is 12.5. The molecule has 2 atom stereocenters. The Balaban J connectivity index is 1.31. The summed E-state index contributed by atoms with van der Waals surface area (Å²) >= 11 is 0. The third-order valence-corrected chi connectivity index (χ3v) is 7.79. The number of rotatable bonds is 2. The van der Waals surface area contributed by atoms with Crippen LogP contribution in [0.2, 0.25) is 0 Å². The van der Waals surface area contributed by atoms with Crippen molar-refractivity contribution in [3.8, 4) is 6.07 Å². The van der Waals surface area contributed by atoms with Crippen molar-refractivity contribution in [2.75, 3.05) is 50.7 Å². The first kappa shape index (κ1) is 22.1. The van der Waals surface area contributed by atoms with E-state index in [-0.39, 0.29) is 0 Å². The number of anilines is 1. The second-order valence-corrected chi connectivity index (χ2v) is 10.5. The summed E-state index contributed by atoms with van der Waals surface area (Å²) in [5.74, 6) is 0. The number of allylic oxidation sites excluding steroid dienone is 2. The number of fused-ring (bicyclic) bond motifs is 3. The maximum absolute atomic E-state index is 10.7. The summed E-state index contributed by atoms with van der Waals surface area (Å²) in [7, 11) is 0. The third-order valence-electron chi connectivity index (χ3n) is 7.79. The SMILES string of the molecule is C[C@@H]1CN(c2ccc(C#N)c3ncccc23)CC2=C3CC=C(N4CCNC[C@@](C)(O)C4)C=C3CN21. The molecule has 1 aromatic heterocycles. The molecule has 4 heterocycles. The van der Waals surface area contributed by atoms with Gasteiger partial charge in [-0.3, -0.25) is 4.98 Å². The lowest BCUT2D eigenvalue weighted by molar-refractivity contribution is 0.0434. The number of hydrogen-bond acceptors (Lipinski definition) is 7. The lowest BCUT2D eigenvalue weighted by Crippen LogP contribution is -2.49. The zero-order valence-corrected chi connectivity index (χ0v) is 20.5. The van der Waals surface area contributed by atoms with Crippen molar-refractivity contribution >= 4 is 16.6 Å². The molecular weight excluding hydrogens is 436 g/mol. The molecule has 3 aliphatic heterocycles. The molecule has 2 fully saturated rings. The Morgan fingerprint density at radius 3 is 2.97 bits per heavy atom. The third kappa shape index (κ3) is 3.87. The predicted octanol–water partition coefficient (Wildman–Crippen LogP) is 2.75. The number of pyridine rings is 1. The van der Waals surface area contributed by atoms with Gasteiger partial charge in [-0.2, -0.15) is 5.26 Å². The minimum atomic E-state index is -0.727. The van der Waals surface area contributed by atoms with E-state index in [1.54, 1.807) is 6.20 Å². The normalized spacial score (nSPS) is 26.7. The Bertz CT molecular complexity index is 1320. The molecule has 7 heteroatoms. The Morgan fingerprint density at radius 2 is 2.11 bits per heavy atom. The summed E-state index contributed by atoms with van der Waals surface area (Å²) in [5, 5.41) is 24.6. The van der Waals surface area contributed by atoms with E-state index in [0.717, 1.165) is 55.7 Å². The molecule has 0 unspecified atom stereocenters. The Labute approximate surface area is 206 Å². The molecule has 180 valence electrons. The second kappa shape index (κ2) is 8.40. The molecule has 7 nitrogen and oxygen atoms in total. The van der Waals surface area contributed by atoms with E-state index >= 15 is 0 Å². The number of nitrogens with zero attached hydrogens (tertiary/aromatic N) is 5. The van der Waals surface area contributed by atoms with Gasteiger partial charge in [0.1, 0.15) is 6.07 Å². The summed E-state index contributed by atoms with van der Waals surface area (Å²) in [5.41, 5.74) is 7.33. The van der Waals surface area contributed by atoms with Crippen molar-refractivity contribution in [3.05, 3.63) is 70.7 Å². The Morgan fingerprint density at radius 1 is 1.23 bits per heavy atom. The number of β-amino-alcohol motifs (C(OH)–C–C–N with tert-alkyl or cyclic N) is 1. The molecule has 0 amide bonds. The highest BCUT2D eigenvalue weighted by Gasteiger charge is 2.37. The van der Waals surface area contributed by atoms with Crippen LogP contribution in [0.4, 0.5) is 5.69 Å². The van der Waals surface area contributed by atoms with Crippen LogP contribution in [-0.2, 0) is 0 Å². The quantitative estimate of drug-likeness (QED) is 0.702. The molecule has 2 N–H and O–H groups in total. The number of hydrogen-bond donors (Lipinski definition) is 2. The second-order valence-electron chi connectivity index (χ2n) is 10.5. The molecule has 1 aliphatic carbocycles. The van der Waals surface area contributed by atoms with Crippen molar-refractivity contribution in [1.29, 1.82) is 5.26 Å². The smallest absolute Gasteiger partial charge is 0.101 e. The zero-order valence-electron chi connectivity index (χ0n) is 20.5. The molecule has 0 bridgehead atoms. The lowest BCUT2D eigenvalue weighted by atomic mass is 9.96. The first-order chi connectivity index (χ1) is 16.9. The fourth-order valence-corrected chi connectivity index (χ4v) is 6.10. The van der Waals surface area contributed by atoms with Gasteiger partial charge in [0, 0.05) is 74.0 Å². The van der Waals surface area contributed by atoms with Crippen LogP contribution in [0, 0.1) is 11.3 Å². The molecule has 6 rings (SSSR count). The fourth-order valence-electron chi connectivity index (χ4n) is 6.10. The standard InChI is InChI=1S/C28H32N6O/c1-19-14-33(25-8-5-20(13-29)27-24(25)4-3-9-31-27)16-26-23-7-6-22(12-21(23)15-34(19)26)32-11-10-30-17-28(2,35)18-32/h3-6,8-9,12,19,30,35H,7,10-11,14-18H2,1-2H3/t19-,28-/m1/s1. The number of piperazine rings is 1. The van der Waals surface area contributed by atoms with Crippen LogP contribution in [0.1, 0.15) is 25.8 Å². The maximum atomic E-state index is 10.7. The van der Waals surface area contributed by atoms with Crippen molar-refractivity contribution < 1.29 is 5.11 Å². The van der Waals surface area contributed by atoms with Crippen molar-refractivity contribution in [2.45, 2.75) is 31.9 Å². The van der Waals surface area contributed by atoms with Gasteiger partial charge in [0.2, 0.25) is 0 Å². The first-order valence-electron chi connectivity index (χ1n) is 12.5. The van der Waals surface area contributed by atoms with Gasteiger partial charge in [-0.15, -0.1) is 0 Å². The van der Waals surface area contributed by atoms with Crippen LogP contribution in [-0.4, -0.2) is 77.3 Å². The van der Waals surface area contributed by atoms with E-state index in [0.29, 0.717) is 24.7 Å². The minimum absolute atomic E-state index is 0.381. The van der Waals surface area contributed by atoms with Gasteiger partial charge >= 0.3 is 0 Å². The average molecular weight is 469 g/mol. The van der Waals surface area contributed by atoms with Crippen molar-refractivity contribution in [2.24, 2.45) is 0 Å². The topological polar surface area (TPSA) is 78.7 Å². The van der Waals surface area contributed by atoms with Crippen molar-refractivity contribution in [1.82, 2.24) is 20.1 Å². The molecule has 4 aliphatic rings. The lowest BCUT2D eigenvalue weighted by Gasteiger charge is -2.42. The van der Waals surface area contributed by atoms with Gasteiger partial charge in [-0.1, -0.05) is 6.08 Å². The van der Waals surface area contributed by atoms with Crippen LogP contribution in [0.25, 0.3) is 10.9 Å². The molecule has 0 spiro atoms.